The highest BCUT2D eigenvalue weighted by molar-refractivity contribution is 7.26. The summed E-state index contributed by atoms with van der Waals surface area (Å²) in [5.74, 6) is 0.877. The van der Waals surface area contributed by atoms with E-state index in [0.29, 0.717) is 0 Å². The van der Waals surface area contributed by atoms with Gasteiger partial charge in [-0.25, -0.2) is 4.99 Å². The smallest absolute Gasteiger partial charge is 0.143 e. The topological polar surface area (TPSA) is 54.5 Å². The second-order valence-electron chi connectivity index (χ2n) is 14.7. The number of rotatable bonds is 5. The van der Waals surface area contributed by atoms with Gasteiger partial charge < -0.3 is 14.3 Å². The van der Waals surface area contributed by atoms with Gasteiger partial charge in [-0.2, -0.15) is 0 Å². The molecule has 5 nitrogen and oxygen atoms in total. The van der Waals surface area contributed by atoms with Crippen LogP contribution in [-0.4, -0.2) is 10.4 Å². The zero-order valence-electron chi connectivity index (χ0n) is 30.7. The van der Waals surface area contributed by atoms with E-state index in [2.05, 4.69) is 191 Å². The summed E-state index contributed by atoms with van der Waals surface area (Å²) < 4.78 is 11.7. The molecule has 0 bridgehead atoms. The van der Waals surface area contributed by atoms with E-state index in [1.54, 1.807) is 0 Å². The van der Waals surface area contributed by atoms with Crippen molar-refractivity contribution in [1.29, 1.82) is 0 Å². The molecular formula is C51H34N4OS. The second kappa shape index (κ2) is 12.8. The lowest BCUT2D eigenvalue weighted by Gasteiger charge is -2.32. The van der Waals surface area contributed by atoms with Crippen LogP contribution in [0.5, 0.6) is 0 Å². The van der Waals surface area contributed by atoms with Crippen LogP contribution in [0.3, 0.4) is 0 Å². The average molecular weight is 751 g/mol. The Bertz CT molecular complexity index is 3320. The van der Waals surface area contributed by atoms with E-state index in [-0.39, 0.29) is 12.3 Å². The Balaban J connectivity index is 1.01. The van der Waals surface area contributed by atoms with E-state index in [1.165, 1.54) is 53.1 Å². The summed E-state index contributed by atoms with van der Waals surface area (Å²) in [5.41, 5.74) is 10.9. The molecule has 1 aliphatic rings. The molecular weight excluding hydrogens is 717 g/mol. The largest absolute Gasteiger partial charge is 0.455 e. The normalized spacial score (nSPS) is 15.9. The summed E-state index contributed by atoms with van der Waals surface area (Å²) in [5, 5.41) is 14.6. The maximum Gasteiger partial charge on any atom is 0.143 e. The van der Waals surface area contributed by atoms with Crippen molar-refractivity contribution in [3.63, 3.8) is 0 Å². The van der Waals surface area contributed by atoms with E-state index in [9.17, 15) is 0 Å². The average Bonchev–Trinajstić information content (AvgIpc) is 3.96. The minimum atomic E-state index is -0.183. The molecule has 1 aliphatic heterocycles. The number of benzene rings is 8. The van der Waals surface area contributed by atoms with Crippen LogP contribution in [0.4, 0.5) is 0 Å². The highest BCUT2D eigenvalue weighted by Crippen LogP contribution is 2.45. The first-order valence-electron chi connectivity index (χ1n) is 19.4. The molecule has 57 heavy (non-hydrogen) atoms. The highest BCUT2D eigenvalue weighted by atomic mass is 32.1. The number of para-hydroxylation sites is 3. The van der Waals surface area contributed by atoms with Crippen molar-refractivity contribution in [1.82, 2.24) is 15.2 Å². The van der Waals surface area contributed by atoms with Crippen molar-refractivity contribution in [2.75, 3.05) is 0 Å². The summed E-state index contributed by atoms with van der Waals surface area (Å²) in [6.07, 6.45) is -0.273. The monoisotopic (exact) mass is 750 g/mol. The first kappa shape index (κ1) is 32.3. The summed E-state index contributed by atoms with van der Waals surface area (Å²) in [6, 6.07) is 64.8. The van der Waals surface area contributed by atoms with Crippen LogP contribution in [0.25, 0.3) is 80.7 Å². The number of furan rings is 1. The summed E-state index contributed by atoms with van der Waals surface area (Å²) in [6.45, 7) is 0. The number of amidine groups is 1. The van der Waals surface area contributed by atoms with E-state index < -0.39 is 0 Å². The quantitative estimate of drug-likeness (QED) is 0.184. The van der Waals surface area contributed by atoms with Crippen LogP contribution >= 0.6 is 11.3 Å². The fourth-order valence-electron chi connectivity index (χ4n) is 8.94. The molecule has 0 aliphatic carbocycles. The molecule has 8 aromatic carbocycles. The van der Waals surface area contributed by atoms with Crippen LogP contribution in [0.15, 0.2) is 191 Å². The third kappa shape index (κ3) is 5.08. The Kier molecular flexibility index (Phi) is 7.24. The second-order valence-corrected chi connectivity index (χ2v) is 15.8. The molecule has 11 aromatic rings. The number of hydrogen-bond acceptors (Lipinski definition) is 5. The maximum absolute atomic E-state index is 6.89. The van der Waals surface area contributed by atoms with Crippen molar-refractivity contribution < 1.29 is 4.42 Å². The Morgan fingerprint density at radius 3 is 1.98 bits per heavy atom. The lowest BCUT2D eigenvalue weighted by molar-refractivity contribution is 0.409. The predicted molar refractivity (Wildman–Crippen MR) is 238 cm³/mol. The van der Waals surface area contributed by atoms with Gasteiger partial charge in [0, 0.05) is 47.5 Å². The van der Waals surface area contributed by atoms with Crippen LogP contribution in [0.2, 0.25) is 0 Å². The van der Waals surface area contributed by atoms with Gasteiger partial charge >= 0.3 is 0 Å². The van der Waals surface area contributed by atoms with Gasteiger partial charge in [0.25, 0.3) is 0 Å². The molecule has 4 heterocycles. The lowest BCUT2D eigenvalue weighted by Crippen LogP contribution is -2.44. The fraction of sp³-hybridized carbons (Fsp3) is 0.0392. The molecule has 0 spiro atoms. The minimum Gasteiger partial charge on any atom is -0.455 e. The fourth-order valence-corrected chi connectivity index (χ4v) is 10.1. The van der Waals surface area contributed by atoms with Crippen LogP contribution in [0.1, 0.15) is 29.0 Å². The van der Waals surface area contributed by atoms with Gasteiger partial charge in [0.2, 0.25) is 0 Å². The zero-order valence-corrected chi connectivity index (χ0v) is 31.5. The van der Waals surface area contributed by atoms with Crippen molar-refractivity contribution in [3.8, 4) is 16.8 Å². The first-order valence-corrected chi connectivity index (χ1v) is 20.2. The molecule has 2 unspecified atom stereocenters. The van der Waals surface area contributed by atoms with Crippen molar-refractivity contribution in [2.24, 2.45) is 4.99 Å². The summed E-state index contributed by atoms with van der Waals surface area (Å²) >= 11 is 1.82. The number of thiophene rings is 1. The number of fused-ring (bicyclic) bond motifs is 9. The zero-order chi connectivity index (χ0) is 37.5. The van der Waals surface area contributed by atoms with Gasteiger partial charge in [0.05, 0.1) is 22.1 Å². The molecule has 0 radical (unpaired) electrons. The molecule has 0 saturated heterocycles. The number of nitrogens with zero attached hydrogens (tertiary/aromatic N) is 2. The van der Waals surface area contributed by atoms with Crippen LogP contribution < -0.4 is 10.6 Å². The third-order valence-electron chi connectivity index (χ3n) is 11.5. The first-order chi connectivity index (χ1) is 28.3. The molecule has 0 fully saturated rings. The minimum absolute atomic E-state index is 0.0895. The Hall–Kier alpha value is -6.99. The molecule has 0 amide bonds. The summed E-state index contributed by atoms with van der Waals surface area (Å²) in [7, 11) is 0. The number of hydrogen-bond donors (Lipinski definition) is 2. The van der Waals surface area contributed by atoms with Gasteiger partial charge in [-0.15, -0.1) is 11.3 Å². The van der Waals surface area contributed by atoms with E-state index in [0.717, 1.165) is 50.2 Å². The standard InChI is InChI=1S/C51H34N4OS/c1-3-14-31(15-4-1)49-52-50(32-16-5-2-6-17-32)54-51(53-49)33-28-29-38-45(30-33)57-44-27-12-20-36(46(38)44)37-21-11-22-39-47-42(25-13-26-43(47)56-48(37)39)55-40-23-9-7-18-34(40)35-19-8-10-24-41(35)55/h1-30,49-50,52H,(H,53,54). The number of nitrogens with one attached hydrogen (secondary N) is 2. The van der Waals surface area contributed by atoms with Crippen LogP contribution in [0, 0.1) is 0 Å². The Labute approximate surface area is 332 Å². The van der Waals surface area contributed by atoms with E-state index >= 15 is 0 Å². The van der Waals surface area contributed by atoms with Gasteiger partial charge in [0.15, 0.2) is 0 Å². The lowest BCUT2D eigenvalue weighted by atomic mass is 9.97. The molecule has 6 heteroatoms. The van der Waals surface area contributed by atoms with Crippen molar-refractivity contribution in [3.05, 3.63) is 199 Å². The molecule has 2 N–H and O–H groups in total. The van der Waals surface area contributed by atoms with Gasteiger partial charge in [0.1, 0.15) is 29.3 Å². The summed E-state index contributed by atoms with van der Waals surface area (Å²) in [4.78, 5) is 5.22. The molecule has 3 aromatic heterocycles. The van der Waals surface area contributed by atoms with Gasteiger partial charge in [-0.3, -0.25) is 5.32 Å². The van der Waals surface area contributed by atoms with Gasteiger partial charge in [-0.1, -0.05) is 146 Å². The molecule has 12 rings (SSSR count). The van der Waals surface area contributed by atoms with Crippen molar-refractivity contribution in [2.45, 2.75) is 12.3 Å². The predicted octanol–water partition coefficient (Wildman–Crippen LogP) is 13.1. The molecule has 270 valence electrons. The molecule has 0 saturated carbocycles. The third-order valence-corrected chi connectivity index (χ3v) is 12.6. The van der Waals surface area contributed by atoms with E-state index in [4.69, 9.17) is 9.41 Å². The van der Waals surface area contributed by atoms with Crippen LogP contribution in [-0.2, 0) is 0 Å². The van der Waals surface area contributed by atoms with E-state index in [1.807, 2.05) is 17.4 Å². The number of aliphatic imine (C=N–C) groups is 1. The number of aromatic nitrogens is 1. The Morgan fingerprint density at radius 2 is 1.19 bits per heavy atom. The maximum atomic E-state index is 6.89. The SMILES string of the molecule is c1ccc(C2N=C(c3ccc4c(c3)sc3cccc(-c5cccc6c5oc5cccc(-n7c8ccccc8c8ccccc87)c56)c34)NC(c3ccccc3)N2)cc1. The Morgan fingerprint density at radius 1 is 0.526 bits per heavy atom. The molecule has 2 atom stereocenters. The highest BCUT2D eigenvalue weighted by Gasteiger charge is 2.26. The van der Waals surface area contributed by atoms with Crippen molar-refractivity contribution >= 4 is 81.1 Å². The van der Waals surface area contributed by atoms with Gasteiger partial charge in [-0.05, 0) is 53.1 Å².